The van der Waals surface area contributed by atoms with Crippen LogP contribution in [-0.2, 0) is 41.3 Å². The van der Waals surface area contributed by atoms with Crippen molar-refractivity contribution in [1.82, 2.24) is 0 Å². The average molecular weight is 580 g/mol. The number of aromatic nitrogens is 1. The van der Waals surface area contributed by atoms with Crippen LogP contribution in [0, 0.1) is 0 Å². The number of fused-ring (bicyclic) bond motifs is 4. The lowest BCUT2D eigenvalue weighted by Gasteiger charge is -2.34. The Bertz CT molecular complexity index is 1670. The van der Waals surface area contributed by atoms with Crippen molar-refractivity contribution >= 4 is 10.1 Å². The summed E-state index contributed by atoms with van der Waals surface area (Å²) < 4.78 is 61.6. The highest BCUT2D eigenvalue weighted by Crippen LogP contribution is 2.45. The van der Waals surface area contributed by atoms with Gasteiger partial charge in [-0.05, 0) is 63.1 Å². The Morgan fingerprint density at radius 3 is 2.05 bits per heavy atom. The predicted octanol–water partition coefficient (Wildman–Crippen LogP) is 7.12. The molecule has 2 aliphatic carbocycles. The second-order valence-electron chi connectivity index (χ2n) is 11.3. The molecule has 0 fully saturated rings. The van der Waals surface area contributed by atoms with E-state index in [0.717, 1.165) is 19.4 Å². The van der Waals surface area contributed by atoms with Crippen LogP contribution < -0.4 is 4.57 Å². The molecule has 8 heteroatoms. The highest BCUT2D eigenvalue weighted by atomic mass is 32.2. The molecule has 1 heterocycles. The molecular formula is C33H32F3NO3S. The van der Waals surface area contributed by atoms with Gasteiger partial charge in [0.1, 0.15) is 0 Å². The Morgan fingerprint density at radius 2 is 1.41 bits per heavy atom. The van der Waals surface area contributed by atoms with E-state index in [1.54, 1.807) is 16.8 Å². The van der Waals surface area contributed by atoms with Gasteiger partial charge >= 0.3 is 5.51 Å². The van der Waals surface area contributed by atoms with Crippen LogP contribution >= 0.6 is 0 Å². The molecule has 214 valence electrons. The normalized spacial score (nSPS) is 15.6. The van der Waals surface area contributed by atoms with Gasteiger partial charge in [0.2, 0.25) is 5.69 Å². The molecule has 0 unspecified atom stereocenters. The second-order valence-corrected chi connectivity index (χ2v) is 12.6. The lowest BCUT2D eigenvalue weighted by molar-refractivity contribution is -0.689. The second kappa shape index (κ2) is 11.1. The number of aryl methyl sites for hydroxylation is 1. The number of pyridine rings is 1. The smallest absolute Gasteiger partial charge is 0.485 e. The van der Waals surface area contributed by atoms with E-state index in [1.165, 1.54) is 52.8 Å². The molecule has 0 spiro atoms. The summed E-state index contributed by atoms with van der Waals surface area (Å²) in [6.07, 6.45) is 5.91. The number of halogens is 3. The molecule has 0 radical (unpaired) electrons. The Kier molecular flexibility index (Phi) is 7.83. The largest absolute Gasteiger partial charge is 0.741 e. The van der Waals surface area contributed by atoms with E-state index in [1.807, 2.05) is 0 Å². The van der Waals surface area contributed by atoms with Gasteiger partial charge in [-0.25, -0.2) is 8.42 Å². The first-order valence-electron chi connectivity index (χ1n) is 13.7. The number of rotatable bonds is 3. The molecule has 3 aromatic carbocycles. The quantitative estimate of drug-likeness (QED) is 0.148. The fraction of sp³-hybridized carbons (Fsp3) is 0.303. The number of benzene rings is 3. The number of alkyl halides is 3. The summed E-state index contributed by atoms with van der Waals surface area (Å²) >= 11 is 0. The van der Waals surface area contributed by atoms with E-state index < -0.39 is 15.6 Å². The van der Waals surface area contributed by atoms with E-state index in [-0.39, 0.29) is 5.41 Å². The number of hydrogen-bond acceptors (Lipinski definition) is 3. The molecular weight excluding hydrogens is 547 g/mol. The summed E-state index contributed by atoms with van der Waals surface area (Å²) in [5.74, 6) is 0. The van der Waals surface area contributed by atoms with E-state index >= 15 is 0 Å². The van der Waals surface area contributed by atoms with Crippen molar-refractivity contribution in [3.05, 3.63) is 113 Å². The van der Waals surface area contributed by atoms with Crippen LogP contribution in [0.1, 0.15) is 54.6 Å². The molecule has 0 aliphatic heterocycles. The highest BCUT2D eigenvalue weighted by molar-refractivity contribution is 7.86. The Balaban J connectivity index is 0.000000372. The molecule has 0 atom stereocenters. The maximum atomic E-state index is 10.7. The molecule has 2 aliphatic rings. The monoisotopic (exact) mass is 579 g/mol. The van der Waals surface area contributed by atoms with Gasteiger partial charge in [-0.2, -0.15) is 17.7 Å². The summed E-state index contributed by atoms with van der Waals surface area (Å²) in [5, 5.41) is 0. The van der Waals surface area contributed by atoms with Crippen LogP contribution in [0.4, 0.5) is 13.2 Å². The third-order valence-corrected chi connectivity index (χ3v) is 8.60. The summed E-state index contributed by atoms with van der Waals surface area (Å²) in [7, 11) is -6.09. The molecule has 0 saturated carbocycles. The van der Waals surface area contributed by atoms with Crippen molar-refractivity contribution in [2.75, 3.05) is 0 Å². The molecule has 41 heavy (non-hydrogen) atoms. The minimum absolute atomic E-state index is 0.146. The average Bonchev–Trinajstić information content (AvgIpc) is 2.92. The minimum atomic E-state index is -6.09. The van der Waals surface area contributed by atoms with E-state index in [9.17, 15) is 13.2 Å². The molecule has 0 N–H and O–H groups in total. The third-order valence-electron chi connectivity index (χ3n) is 8.03. The fourth-order valence-electron chi connectivity index (χ4n) is 6.36. The zero-order valence-corrected chi connectivity index (χ0v) is 23.9. The first kappa shape index (κ1) is 29.0. The highest BCUT2D eigenvalue weighted by Gasteiger charge is 2.43. The summed E-state index contributed by atoms with van der Waals surface area (Å²) in [4.78, 5) is 0. The van der Waals surface area contributed by atoms with Crippen molar-refractivity contribution in [1.29, 1.82) is 0 Å². The van der Waals surface area contributed by atoms with Crippen molar-refractivity contribution in [3.8, 4) is 22.4 Å². The SMILES string of the molecule is CC1(C)CCCc2c(-c3ccccc3)c3c([n+](Cc4ccccc4)c21)-c1ccccc1CC3.O=S(=O)([O-])C(F)(F)F. The van der Waals surface area contributed by atoms with Crippen molar-refractivity contribution in [2.45, 2.75) is 63.4 Å². The zero-order valence-electron chi connectivity index (χ0n) is 23.0. The summed E-state index contributed by atoms with van der Waals surface area (Å²) in [5.41, 5.74) is 7.83. The van der Waals surface area contributed by atoms with E-state index in [4.69, 9.17) is 13.0 Å². The number of hydrogen-bond donors (Lipinski definition) is 0. The molecule has 4 aromatic rings. The van der Waals surface area contributed by atoms with Gasteiger partial charge in [-0.1, -0.05) is 78.9 Å². The van der Waals surface area contributed by atoms with Gasteiger partial charge in [-0.15, -0.1) is 0 Å². The third kappa shape index (κ3) is 5.81. The van der Waals surface area contributed by atoms with Crippen LogP contribution in [0.3, 0.4) is 0 Å². The van der Waals surface area contributed by atoms with Gasteiger partial charge in [0, 0.05) is 33.2 Å². The maximum Gasteiger partial charge on any atom is 0.485 e. The van der Waals surface area contributed by atoms with Crippen molar-refractivity contribution in [2.24, 2.45) is 0 Å². The molecule has 0 bridgehead atoms. The standard InChI is InChI=1S/C32H32N.CHF3O3S/c1-32(2)21-11-18-28-29(25-15-7-4-8-16-25)27-20-19-24-14-9-10-17-26(24)30(27)33(31(28)32)22-23-12-5-3-6-13-23;2-1(3,4)8(5,6)7/h3-10,12-17H,11,18-22H2,1-2H3;(H,5,6,7)/q+1;/p-1. The topological polar surface area (TPSA) is 61.1 Å². The zero-order chi connectivity index (χ0) is 29.4. The van der Waals surface area contributed by atoms with Gasteiger partial charge < -0.3 is 4.55 Å². The first-order valence-corrected chi connectivity index (χ1v) is 15.1. The van der Waals surface area contributed by atoms with Crippen molar-refractivity contribution in [3.63, 3.8) is 0 Å². The Labute approximate surface area is 239 Å². The fourth-order valence-corrected chi connectivity index (χ4v) is 6.36. The molecule has 4 nitrogen and oxygen atoms in total. The van der Waals surface area contributed by atoms with Crippen LogP contribution in [0.15, 0.2) is 84.9 Å². The lowest BCUT2D eigenvalue weighted by atomic mass is 9.71. The Morgan fingerprint density at radius 1 is 0.829 bits per heavy atom. The molecule has 1 aromatic heterocycles. The first-order chi connectivity index (χ1) is 19.4. The number of nitrogens with zero attached hydrogens (tertiary/aromatic N) is 1. The predicted molar refractivity (Wildman–Crippen MR) is 152 cm³/mol. The van der Waals surface area contributed by atoms with E-state index in [0.29, 0.717) is 0 Å². The molecule has 0 amide bonds. The minimum Gasteiger partial charge on any atom is -0.741 e. The van der Waals surface area contributed by atoms with Crippen LogP contribution in [0.25, 0.3) is 22.4 Å². The van der Waals surface area contributed by atoms with Gasteiger partial charge in [0.15, 0.2) is 22.4 Å². The van der Waals surface area contributed by atoms with Gasteiger partial charge in [0.25, 0.3) is 0 Å². The molecule has 6 rings (SSSR count). The lowest BCUT2D eigenvalue weighted by Crippen LogP contribution is -2.50. The van der Waals surface area contributed by atoms with E-state index in [2.05, 4.69) is 103 Å². The van der Waals surface area contributed by atoms with Crippen molar-refractivity contribution < 1.29 is 30.7 Å². The maximum absolute atomic E-state index is 10.7. The van der Waals surface area contributed by atoms with Crippen LogP contribution in [0.5, 0.6) is 0 Å². The van der Waals surface area contributed by atoms with Crippen LogP contribution in [0.2, 0.25) is 0 Å². The van der Waals surface area contributed by atoms with Crippen LogP contribution in [-0.4, -0.2) is 18.5 Å². The Hall–Kier alpha value is -3.49. The molecule has 0 saturated heterocycles. The van der Waals surface area contributed by atoms with Gasteiger partial charge in [0.05, 0.1) is 0 Å². The van der Waals surface area contributed by atoms with Gasteiger partial charge in [-0.3, -0.25) is 0 Å². The summed E-state index contributed by atoms with van der Waals surface area (Å²) in [6, 6.07) is 31.3. The summed E-state index contributed by atoms with van der Waals surface area (Å²) in [6.45, 7) is 5.85.